The fourth-order valence-electron chi connectivity index (χ4n) is 1.92. The van der Waals surface area contributed by atoms with Crippen molar-refractivity contribution in [1.82, 2.24) is 0 Å². The van der Waals surface area contributed by atoms with Gasteiger partial charge in [-0.3, -0.25) is 9.59 Å². The van der Waals surface area contributed by atoms with Crippen LogP contribution in [-0.2, 0) is 9.59 Å². The second-order valence-corrected chi connectivity index (χ2v) is 5.03. The Kier molecular flexibility index (Phi) is 7.60. The summed E-state index contributed by atoms with van der Waals surface area (Å²) in [6.45, 7) is 0. The SMILES string of the molecule is O=C(O)CCCCCCCC(=O)Oc1c(F)c(F)c(F)c(F)c1F. The Morgan fingerprint density at radius 1 is 0.708 bits per heavy atom. The molecule has 1 aromatic carbocycles. The van der Waals surface area contributed by atoms with Gasteiger partial charge >= 0.3 is 11.9 Å². The summed E-state index contributed by atoms with van der Waals surface area (Å²) in [4.78, 5) is 21.7. The molecule has 0 aliphatic rings. The molecule has 4 nitrogen and oxygen atoms in total. The molecule has 0 amide bonds. The minimum Gasteiger partial charge on any atom is -0.481 e. The lowest BCUT2D eigenvalue weighted by Crippen LogP contribution is -2.13. The van der Waals surface area contributed by atoms with Crippen LogP contribution in [0.1, 0.15) is 44.9 Å². The third-order valence-electron chi connectivity index (χ3n) is 3.16. The van der Waals surface area contributed by atoms with E-state index in [-0.39, 0.29) is 19.3 Å². The van der Waals surface area contributed by atoms with Crippen LogP contribution in [0, 0.1) is 29.1 Å². The van der Waals surface area contributed by atoms with E-state index in [1.807, 2.05) is 0 Å². The van der Waals surface area contributed by atoms with E-state index in [0.29, 0.717) is 25.7 Å². The minimum absolute atomic E-state index is 0.0439. The Balaban J connectivity index is 2.45. The zero-order valence-electron chi connectivity index (χ0n) is 12.5. The van der Waals surface area contributed by atoms with Gasteiger partial charge in [-0.05, 0) is 12.8 Å². The van der Waals surface area contributed by atoms with Crippen LogP contribution in [0.15, 0.2) is 0 Å². The number of hydrogen-bond donors (Lipinski definition) is 1. The van der Waals surface area contributed by atoms with Gasteiger partial charge < -0.3 is 9.84 Å². The number of carbonyl (C=O) groups excluding carboxylic acids is 1. The van der Waals surface area contributed by atoms with Crippen molar-refractivity contribution in [2.45, 2.75) is 44.9 Å². The van der Waals surface area contributed by atoms with Gasteiger partial charge in [-0.15, -0.1) is 0 Å². The van der Waals surface area contributed by atoms with Crippen LogP contribution in [0.3, 0.4) is 0 Å². The first-order valence-corrected chi connectivity index (χ1v) is 7.19. The molecule has 0 saturated carbocycles. The number of carbonyl (C=O) groups is 2. The van der Waals surface area contributed by atoms with Crippen LogP contribution in [0.2, 0.25) is 0 Å². The average Bonchev–Trinajstić information content (AvgIpc) is 2.54. The summed E-state index contributed by atoms with van der Waals surface area (Å²) in [5, 5.41) is 8.43. The summed E-state index contributed by atoms with van der Waals surface area (Å²) in [6.07, 6.45) is 2.36. The molecule has 0 atom stereocenters. The van der Waals surface area contributed by atoms with E-state index < -0.39 is 46.8 Å². The lowest BCUT2D eigenvalue weighted by atomic mass is 10.1. The number of hydrogen-bond acceptors (Lipinski definition) is 3. The molecule has 0 fully saturated rings. The van der Waals surface area contributed by atoms with Crippen molar-refractivity contribution in [1.29, 1.82) is 0 Å². The summed E-state index contributed by atoms with van der Waals surface area (Å²) < 4.78 is 69.6. The molecule has 9 heteroatoms. The Morgan fingerprint density at radius 3 is 1.62 bits per heavy atom. The Labute approximate surface area is 134 Å². The van der Waals surface area contributed by atoms with Gasteiger partial charge in [0.1, 0.15) is 0 Å². The lowest BCUT2D eigenvalue weighted by molar-refractivity contribution is -0.137. The van der Waals surface area contributed by atoms with E-state index >= 15 is 0 Å². The van der Waals surface area contributed by atoms with Crippen LogP contribution in [0.25, 0.3) is 0 Å². The largest absolute Gasteiger partial charge is 0.481 e. The number of carboxylic acids is 1. The highest BCUT2D eigenvalue weighted by atomic mass is 19.2. The molecule has 0 aliphatic heterocycles. The smallest absolute Gasteiger partial charge is 0.311 e. The summed E-state index contributed by atoms with van der Waals surface area (Å²) in [6, 6.07) is 0. The number of unbranched alkanes of at least 4 members (excludes halogenated alkanes) is 4. The first kappa shape index (κ1) is 19.9. The zero-order chi connectivity index (χ0) is 18.3. The maximum atomic E-state index is 13.3. The summed E-state index contributed by atoms with van der Waals surface area (Å²) in [7, 11) is 0. The topological polar surface area (TPSA) is 63.6 Å². The van der Waals surface area contributed by atoms with Crippen molar-refractivity contribution < 1.29 is 41.4 Å². The molecule has 1 aromatic rings. The Bertz CT molecular complexity index is 589. The van der Waals surface area contributed by atoms with Crippen LogP contribution >= 0.6 is 0 Å². The molecule has 24 heavy (non-hydrogen) atoms. The summed E-state index contributed by atoms with van der Waals surface area (Å²) >= 11 is 0. The lowest BCUT2D eigenvalue weighted by Gasteiger charge is -2.08. The maximum absolute atomic E-state index is 13.3. The van der Waals surface area contributed by atoms with Gasteiger partial charge in [0, 0.05) is 12.8 Å². The first-order chi connectivity index (χ1) is 11.3. The van der Waals surface area contributed by atoms with Gasteiger partial charge in [0.25, 0.3) is 0 Å². The van der Waals surface area contributed by atoms with E-state index in [0.717, 1.165) is 0 Å². The molecule has 134 valence electrons. The predicted octanol–water partition coefficient (Wildman–Crippen LogP) is 4.10. The predicted molar refractivity (Wildman–Crippen MR) is 71.8 cm³/mol. The Hall–Kier alpha value is -2.19. The quantitative estimate of drug-likeness (QED) is 0.181. The van der Waals surface area contributed by atoms with Gasteiger partial charge in [-0.25, -0.2) is 13.2 Å². The van der Waals surface area contributed by atoms with Crippen molar-refractivity contribution in [3.05, 3.63) is 29.1 Å². The molecule has 0 bridgehead atoms. The fourth-order valence-corrected chi connectivity index (χ4v) is 1.92. The van der Waals surface area contributed by atoms with Crippen LogP contribution in [0.4, 0.5) is 22.0 Å². The number of ether oxygens (including phenoxy) is 1. The van der Waals surface area contributed by atoms with Crippen molar-refractivity contribution in [3.8, 4) is 5.75 Å². The second kappa shape index (κ2) is 9.19. The monoisotopic (exact) mass is 354 g/mol. The summed E-state index contributed by atoms with van der Waals surface area (Å²) in [5.74, 6) is -14.7. The number of carboxylic acid groups (broad SMARTS) is 1. The molecule has 1 rings (SSSR count). The third-order valence-corrected chi connectivity index (χ3v) is 3.16. The number of esters is 1. The highest BCUT2D eigenvalue weighted by Crippen LogP contribution is 2.29. The fraction of sp³-hybridized carbons (Fsp3) is 0.467. The van der Waals surface area contributed by atoms with Gasteiger partial charge in [-0.1, -0.05) is 19.3 Å². The summed E-state index contributed by atoms with van der Waals surface area (Å²) in [5.41, 5.74) is 0. The van der Waals surface area contributed by atoms with Crippen molar-refractivity contribution in [2.75, 3.05) is 0 Å². The minimum atomic E-state index is -2.33. The normalized spacial score (nSPS) is 10.7. The molecule has 0 heterocycles. The third kappa shape index (κ3) is 5.47. The molecule has 0 unspecified atom stereocenters. The van der Waals surface area contributed by atoms with Crippen molar-refractivity contribution >= 4 is 11.9 Å². The highest BCUT2D eigenvalue weighted by molar-refractivity contribution is 5.72. The van der Waals surface area contributed by atoms with Crippen molar-refractivity contribution in [3.63, 3.8) is 0 Å². The van der Waals surface area contributed by atoms with E-state index in [1.165, 1.54) is 0 Å². The van der Waals surface area contributed by atoms with Gasteiger partial charge in [0.05, 0.1) is 0 Å². The van der Waals surface area contributed by atoms with Crippen LogP contribution in [-0.4, -0.2) is 17.0 Å². The number of rotatable bonds is 9. The van der Waals surface area contributed by atoms with Gasteiger partial charge in [0.15, 0.2) is 0 Å². The maximum Gasteiger partial charge on any atom is 0.311 e. The van der Waals surface area contributed by atoms with Crippen LogP contribution < -0.4 is 4.74 Å². The second-order valence-electron chi connectivity index (χ2n) is 5.03. The molecule has 0 radical (unpaired) electrons. The molecule has 1 N–H and O–H groups in total. The number of aliphatic carboxylic acids is 1. The van der Waals surface area contributed by atoms with E-state index in [2.05, 4.69) is 4.74 Å². The highest BCUT2D eigenvalue weighted by Gasteiger charge is 2.28. The van der Waals surface area contributed by atoms with Crippen molar-refractivity contribution in [2.24, 2.45) is 0 Å². The first-order valence-electron chi connectivity index (χ1n) is 7.19. The van der Waals surface area contributed by atoms with E-state index in [1.54, 1.807) is 0 Å². The van der Waals surface area contributed by atoms with Crippen LogP contribution in [0.5, 0.6) is 5.75 Å². The van der Waals surface area contributed by atoms with Gasteiger partial charge in [-0.2, -0.15) is 8.78 Å². The average molecular weight is 354 g/mol. The standard InChI is InChI=1S/C15H15F5O4/c16-10-11(17)13(19)15(14(20)12(10)18)24-9(23)7-5-3-1-2-4-6-8(21)22/h1-7H2,(H,21,22). The van der Waals surface area contributed by atoms with E-state index in [9.17, 15) is 31.5 Å². The zero-order valence-corrected chi connectivity index (χ0v) is 12.5. The molecule has 0 aliphatic carbocycles. The number of halogens is 5. The molecule has 0 saturated heterocycles. The number of benzene rings is 1. The molecule has 0 aromatic heterocycles. The van der Waals surface area contributed by atoms with Gasteiger partial charge in [0.2, 0.25) is 34.8 Å². The Morgan fingerprint density at radius 2 is 1.12 bits per heavy atom. The van der Waals surface area contributed by atoms with E-state index in [4.69, 9.17) is 5.11 Å². The molecule has 0 spiro atoms. The molecular weight excluding hydrogens is 339 g/mol. The molecular formula is C15H15F5O4.